The maximum atomic E-state index is 9.33. The normalized spacial score (nSPS) is 44.7. The summed E-state index contributed by atoms with van der Waals surface area (Å²) in [7, 11) is 0. The van der Waals surface area contributed by atoms with E-state index in [1.165, 1.54) is 12.8 Å². The van der Waals surface area contributed by atoms with Gasteiger partial charge in [-0.15, -0.1) is 12.4 Å². The minimum absolute atomic E-state index is 0. The highest BCUT2D eigenvalue weighted by atomic mass is 35.5. The number of rotatable bonds is 0. The van der Waals surface area contributed by atoms with E-state index in [9.17, 15) is 5.11 Å². The second kappa shape index (κ2) is 3.07. The molecule has 2 nitrogen and oxygen atoms in total. The molecule has 10 heavy (non-hydrogen) atoms. The third-order valence-corrected chi connectivity index (χ3v) is 2.61. The molecule has 3 fully saturated rings. The van der Waals surface area contributed by atoms with E-state index in [-0.39, 0.29) is 18.6 Å². The fraction of sp³-hybridized carbons (Fsp3) is 1.00. The zero-order valence-corrected chi connectivity index (χ0v) is 6.81. The summed E-state index contributed by atoms with van der Waals surface area (Å²) in [5.74, 6) is 0.838. The van der Waals surface area contributed by atoms with Crippen LogP contribution in [0.5, 0.6) is 0 Å². The first-order valence-corrected chi connectivity index (χ1v) is 3.78. The van der Waals surface area contributed by atoms with Crippen LogP contribution in [-0.4, -0.2) is 29.3 Å². The summed E-state index contributed by atoms with van der Waals surface area (Å²) in [5, 5.41) is 9.33. The fourth-order valence-electron chi connectivity index (χ4n) is 1.93. The van der Waals surface area contributed by atoms with Crippen LogP contribution in [0.1, 0.15) is 19.3 Å². The number of nitrogens with zero attached hydrogens (tertiary/aromatic N) is 1. The van der Waals surface area contributed by atoms with E-state index in [0.29, 0.717) is 0 Å². The van der Waals surface area contributed by atoms with E-state index in [1.54, 1.807) is 0 Å². The molecule has 0 aromatic rings. The van der Waals surface area contributed by atoms with E-state index >= 15 is 0 Å². The first-order valence-electron chi connectivity index (χ1n) is 3.78. The van der Waals surface area contributed by atoms with Gasteiger partial charge in [0.15, 0.2) is 0 Å². The Kier molecular flexibility index (Phi) is 2.55. The number of aliphatic hydroxyl groups is 1. The summed E-state index contributed by atoms with van der Waals surface area (Å²) in [6.45, 7) is 2.26. The Morgan fingerprint density at radius 1 is 1.20 bits per heavy atom. The predicted octanol–water partition coefficient (Wildman–Crippen LogP) is 0.842. The molecule has 0 spiro atoms. The van der Waals surface area contributed by atoms with E-state index < -0.39 is 0 Å². The minimum Gasteiger partial charge on any atom is -0.378 e. The van der Waals surface area contributed by atoms with E-state index in [1.807, 2.05) is 0 Å². The lowest BCUT2D eigenvalue weighted by atomic mass is 9.87. The lowest BCUT2D eigenvalue weighted by Crippen LogP contribution is -2.48. The molecule has 3 aliphatic heterocycles. The number of halogens is 1. The first-order chi connectivity index (χ1) is 4.36. The third-order valence-electron chi connectivity index (χ3n) is 2.61. The highest BCUT2D eigenvalue weighted by Gasteiger charge is 2.31. The van der Waals surface area contributed by atoms with Crippen LogP contribution >= 0.6 is 12.4 Å². The van der Waals surface area contributed by atoms with Gasteiger partial charge in [0.1, 0.15) is 6.23 Å². The summed E-state index contributed by atoms with van der Waals surface area (Å²) >= 11 is 0. The van der Waals surface area contributed by atoms with Crippen LogP contribution in [-0.2, 0) is 0 Å². The topological polar surface area (TPSA) is 23.5 Å². The van der Waals surface area contributed by atoms with Gasteiger partial charge < -0.3 is 5.11 Å². The van der Waals surface area contributed by atoms with E-state index in [4.69, 9.17) is 0 Å². The summed E-state index contributed by atoms with van der Waals surface area (Å²) < 4.78 is 0. The number of fused-ring (bicyclic) bond motifs is 3. The van der Waals surface area contributed by atoms with Crippen LogP contribution in [0.15, 0.2) is 0 Å². The largest absolute Gasteiger partial charge is 0.378 e. The van der Waals surface area contributed by atoms with Crippen LogP contribution in [0, 0.1) is 5.92 Å². The molecule has 3 saturated heterocycles. The predicted molar refractivity (Wildman–Crippen MR) is 42.2 cm³/mol. The Balaban J connectivity index is 0.000000500. The molecule has 1 atom stereocenters. The van der Waals surface area contributed by atoms with E-state index in [2.05, 4.69) is 4.90 Å². The van der Waals surface area contributed by atoms with Crippen molar-refractivity contribution in [3.63, 3.8) is 0 Å². The summed E-state index contributed by atoms with van der Waals surface area (Å²) in [5.41, 5.74) is 0. The summed E-state index contributed by atoms with van der Waals surface area (Å²) in [4.78, 5) is 2.18. The molecule has 1 N–H and O–H groups in total. The van der Waals surface area contributed by atoms with Crippen LogP contribution in [0.4, 0.5) is 0 Å². The molecular weight excluding hydrogens is 150 g/mol. The molecular formula is C7H14ClNO. The van der Waals surface area contributed by atoms with Crippen molar-refractivity contribution in [1.82, 2.24) is 4.90 Å². The van der Waals surface area contributed by atoms with E-state index in [0.717, 1.165) is 25.4 Å². The van der Waals surface area contributed by atoms with Gasteiger partial charge in [0.05, 0.1) is 0 Å². The second-order valence-electron chi connectivity index (χ2n) is 3.20. The Labute approximate surface area is 67.6 Å². The number of piperidine rings is 3. The highest BCUT2D eigenvalue weighted by Crippen LogP contribution is 2.30. The van der Waals surface area contributed by atoms with Crippen LogP contribution in [0.25, 0.3) is 0 Å². The maximum absolute atomic E-state index is 9.33. The zero-order chi connectivity index (χ0) is 6.27. The first kappa shape index (κ1) is 8.31. The minimum atomic E-state index is -0.0995. The number of hydrogen-bond donors (Lipinski definition) is 1. The second-order valence-corrected chi connectivity index (χ2v) is 3.20. The molecule has 0 aromatic carbocycles. The van der Waals surface area contributed by atoms with Crippen molar-refractivity contribution in [2.75, 3.05) is 13.1 Å². The third kappa shape index (κ3) is 1.29. The van der Waals surface area contributed by atoms with Gasteiger partial charge in [-0.05, 0) is 25.2 Å². The quantitative estimate of drug-likeness (QED) is 0.572. The average Bonchev–Trinajstić information content (AvgIpc) is 1.90. The summed E-state index contributed by atoms with van der Waals surface area (Å²) in [6.07, 6.45) is 3.56. The van der Waals surface area contributed by atoms with Crippen molar-refractivity contribution >= 4 is 12.4 Å². The fourth-order valence-corrected chi connectivity index (χ4v) is 1.93. The van der Waals surface area contributed by atoms with Gasteiger partial charge in [-0.25, -0.2) is 0 Å². The molecule has 3 rings (SSSR count). The van der Waals surface area contributed by atoms with Gasteiger partial charge in [0, 0.05) is 13.1 Å². The van der Waals surface area contributed by atoms with Crippen molar-refractivity contribution in [2.45, 2.75) is 25.5 Å². The molecule has 3 heteroatoms. The van der Waals surface area contributed by atoms with Gasteiger partial charge in [0.25, 0.3) is 0 Å². The molecule has 60 valence electrons. The Morgan fingerprint density at radius 3 is 2.00 bits per heavy atom. The lowest BCUT2D eigenvalue weighted by molar-refractivity contribution is -0.0768. The van der Waals surface area contributed by atoms with Gasteiger partial charge in [0.2, 0.25) is 0 Å². The monoisotopic (exact) mass is 163 g/mol. The molecule has 0 saturated carbocycles. The molecule has 3 aliphatic rings. The Hall–Kier alpha value is 0.210. The maximum Gasteiger partial charge on any atom is 0.107 e. The molecule has 0 amide bonds. The van der Waals surface area contributed by atoms with Gasteiger partial charge >= 0.3 is 0 Å². The van der Waals surface area contributed by atoms with Crippen LogP contribution in [0.3, 0.4) is 0 Å². The average molecular weight is 164 g/mol. The molecule has 0 aliphatic carbocycles. The van der Waals surface area contributed by atoms with Crippen molar-refractivity contribution in [2.24, 2.45) is 5.92 Å². The summed E-state index contributed by atoms with van der Waals surface area (Å²) in [6, 6.07) is 0. The van der Waals surface area contributed by atoms with Crippen LogP contribution < -0.4 is 0 Å². The lowest BCUT2D eigenvalue weighted by Gasteiger charge is -2.42. The van der Waals surface area contributed by atoms with Crippen molar-refractivity contribution in [3.05, 3.63) is 0 Å². The standard InChI is InChI=1S/C7H13NO.ClH/c9-7-5-6-1-3-8(7)4-2-6;/h6-7,9H,1-5H2;1H. The molecule has 1 unspecified atom stereocenters. The molecule has 0 radical (unpaired) electrons. The smallest absolute Gasteiger partial charge is 0.107 e. The SMILES string of the molecule is Cl.OC1CC2CCN1CC2. The van der Waals surface area contributed by atoms with Crippen molar-refractivity contribution < 1.29 is 5.11 Å². The molecule has 3 heterocycles. The molecule has 2 bridgehead atoms. The number of aliphatic hydroxyl groups excluding tert-OH is 1. The van der Waals surface area contributed by atoms with Gasteiger partial charge in [-0.1, -0.05) is 0 Å². The molecule has 0 aromatic heterocycles. The highest BCUT2D eigenvalue weighted by molar-refractivity contribution is 5.85. The Bertz CT molecular complexity index is 112. The van der Waals surface area contributed by atoms with Crippen LogP contribution in [0.2, 0.25) is 0 Å². The Morgan fingerprint density at radius 2 is 1.80 bits per heavy atom. The number of hydrogen-bond acceptors (Lipinski definition) is 2. The van der Waals surface area contributed by atoms with Crippen molar-refractivity contribution in [1.29, 1.82) is 0 Å². The van der Waals surface area contributed by atoms with Gasteiger partial charge in [-0.2, -0.15) is 0 Å². The zero-order valence-electron chi connectivity index (χ0n) is 5.99. The van der Waals surface area contributed by atoms with Crippen molar-refractivity contribution in [3.8, 4) is 0 Å². The van der Waals surface area contributed by atoms with Gasteiger partial charge in [-0.3, -0.25) is 4.90 Å².